The fourth-order valence-corrected chi connectivity index (χ4v) is 9.75. The lowest BCUT2D eigenvalue weighted by molar-refractivity contribution is 1.17. The molecule has 0 bridgehead atoms. The van der Waals surface area contributed by atoms with Gasteiger partial charge < -0.3 is 9.13 Å². The first-order valence-corrected chi connectivity index (χ1v) is 21.2. The van der Waals surface area contributed by atoms with Crippen LogP contribution in [0.2, 0.25) is 0 Å². The van der Waals surface area contributed by atoms with Gasteiger partial charge in [-0.1, -0.05) is 146 Å². The van der Waals surface area contributed by atoms with Crippen LogP contribution in [0.5, 0.6) is 0 Å². The van der Waals surface area contributed by atoms with Gasteiger partial charge in [0.2, 0.25) is 0 Å². The van der Waals surface area contributed by atoms with Crippen molar-refractivity contribution in [3.63, 3.8) is 0 Å². The predicted molar refractivity (Wildman–Crippen MR) is 260 cm³/mol. The lowest BCUT2D eigenvalue weighted by Crippen LogP contribution is -1.98. The van der Waals surface area contributed by atoms with E-state index in [1.165, 1.54) is 65.3 Å². The van der Waals surface area contributed by atoms with Crippen molar-refractivity contribution in [2.24, 2.45) is 0 Å². The Morgan fingerprint density at radius 3 is 1.60 bits per heavy atom. The minimum Gasteiger partial charge on any atom is -0.309 e. The molecule has 0 spiro atoms. The number of hydrogen-bond donors (Lipinski definition) is 0. The maximum absolute atomic E-state index is 5.26. The zero-order chi connectivity index (χ0) is 40.7. The molecule has 0 saturated heterocycles. The van der Waals surface area contributed by atoms with E-state index >= 15 is 0 Å². The minimum absolute atomic E-state index is 0.701. The van der Waals surface area contributed by atoms with Gasteiger partial charge in [-0.05, 0) is 105 Å². The van der Waals surface area contributed by atoms with Crippen LogP contribution in [-0.2, 0) is 0 Å². The van der Waals surface area contributed by atoms with E-state index in [2.05, 4.69) is 221 Å². The smallest absolute Gasteiger partial charge is 0.160 e. The highest BCUT2D eigenvalue weighted by atomic mass is 15.0. The highest BCUT2D eigenvalue weighted by Crippen LogP contribution is 2.42. The summed E-state index contributed by atoms with van der Waals surface area (Å²) < 4.78 is 4.90. The van der Waals surface area contributed by atoms with E-state index in [9.17, 15) is 0 Å². The summed E-state index contributed by atoms with van der Waals surface area (Å²) in [5.74, 6) is 0.701. The summed E-state index contributed by atoms with van der Waals surface area (Å²) in [5.41, 5.74) is 13.2. The molecule has 13 rings (SSSR count). The summed E-state index contributed by atoms with van der Waals surface area (Å²) in [4.78, 5) is 10.4. The standard InChI is InChI=1S/C58H36N4/c1-2-13-37(14-3-1)38-25-27-39(28-26-38)57-47-20-8-10-21-50(47)59-58(60-57)40-29-31-45(32-30-40)61-52-23-12-24-53(56(52)49-34-42-16-5-7-18-44(42)36-55(49)61)62-51-22-11-9-19-46(51)48-33-41-15-4-6-17-43(41)35-54(48)62/h1-36H. The molecule has 10 aromatic carbocycles. The van der Waals surface area contributed by atoms with E-state index < -0.39 is 0 Å². The largest absolute Gasteiger partial charge is 0.309 e. The van der Waals surface area contributed by atoms with Gasteiger partial charge in [0.15, 0.2) is 5.82 Å². The third-order valence-corrected chi connectivity index (χ3v) is 12.7. The average molecular weight is 789 g/mol. The summed E-state index contributed by atoms with van der Waals surface area (Å²) in [6, 6.07) is 78.6. The molecule has 0 amide bonds. The van der Waals surface area contributed by atoms with E-state index in [1.807, 2.05) is 6.07 Å². The van der Waals surface area contributed by atoms with E-state index in [-0.39, 0.29) is 0 Å². The number of fused-ring (bicyclic) bond motifs is 9. The number of aromatic nitrogens is 4. The first-order valence-electron chi connectivity index (χ1n) is 21.2. The monoisotopic (exact) mass is 788 g/mol. The highest BCUT2D eigenvalue weighted by molar-refractivity contribution is 6.19. The molecule has 0 saturated carbocycles. The van der Waals surface area contributed by atoms with Crippen molar-refractivity contribution in [2.75, 3.05) is 0 Å². The van der Waals surface area contributed by atoms with Crippen LogP contribution in [0.25, 0.3) is 121 Å². The number of nitrogens with zero attached hydrogens (tertiary/aromatic N) is 4. The van der Waals surface area contributed by atoms with Crippen LogP contribution in [0.1, 0.15) is 0 Å². The predicted octanol–water partition coefficient (Wildman–Crippen LogP) is 15.1. The molecule has 0 radical (unpaired) electrons. The topological polar surface area (TPSA) is 35.6 Å². The molecule has 4 nitrogen and oxygen atoms in total. The second-order valence-corrected chi connectivity index (χ2v) is 16.2. The molecule has 288 valence electrons. The summed E-state index contributed by atoms with van der Waals surface area (Å²) in [7, 11) is 0. The van der Waals surface area contributed by atoms with E-state index in [1.54, 1.807) is 0 Å². The Morgan fingerprint density at radius 1 is 0.306 bits per heavy atom. The van der Waals surface area contributed by atoms with Crippen LogP contribution in [-0.4, -0.2) is 19.1 Å². The van der Waals surface area contributed by atoms with Gasteiger partial charge >= 0.3 is 0 Å². The number of rotatable bonds is 5. The molecule has 0 aliphatic heterocycles. The van der Waals surface area contributed by atoms with Crippen molar-refractivity contribution in [3.05, 3.63) is 218 Å². The van der Waals surface area contributed by atoms with Gasteiger partial charge in [-0.15, -0.1) is 0 Å². The van der Waals surface area contributed by atoms with Crippen molar-refractivity contribution in [3.8, 4) is 45.1 Å². The Bertz CT molecular complexity index is 3900. The molecule has 0 atom stereocenters. The summed E-state index contributed by atoms with van der Waals surface area (Å²) in [6.45, 7) is 0. The Balaban J connectivity index is 0.995. The number of para-hydroxylation sites is 2. The van der Waals surface area contributed by atoms with Crippen LogP contribution in [0, 0.1) is 0 Å². The minimum atomic E-state index is 0.701. The number of hydrogen-bond acceptors (Lipinski definition) is 2. The fourth-order valence-electron chi connectivity index (χ4n) is 9.75. The van der Waals surface area contributed by atoms with Gasteiger partial charge in [0, 0.05) is 43.7 Å². The van der Waals surface area contributed by atoms with Crippen LogP contribution in [0.15, 0.2) is 218 Å². The first-order chi connectivity index (χ1) is 30.7. The zero-order valence-electron chi connectivity index (χ0n) is 33.6. The molecule has 13 aromatic rings. The second kappa shape index (κ2) is 13.6. The van der Waals surface area contributed by atoms with Gasteiger partial charge in [-0.3, -0.25) is 0 Å². The summed E-state index contributed by atoms with van der Waals surface area (Å²) in [6.07, 6.45) is 0. The van der Waals surface area contributed by atoms with Crippen molar-refractivity contribution in [1.82, 2.24) is 19.1 Å². The maximum atomic E-state index is 5.26. The Kier molecular flexibility index (Phi) is 7.57. The quantitative estimate of drug-likeness (QED) is 0.174. The van der Waals surface area contributed by atoms with Crippen molar-refractivity contribution < 1.29 is 0 Å². The van der Waals surface area contributed by atoms with Crippen LogP contribution in [0.3, 0.4) is 0 Å². The van der Waals surface area contributed by atoms with E-state index in [0.29, 0.717) is 5.82 Å². The van der Waals surface area contributed by atoms with Gasteiger partial charge in [0.1, 0.15) is 0 Å². The molecular weight excluding hydrogens is 753 g/mol. The van der Waals surface area contributed by atoms with Gasteiger partial charge in [0.25, 0.3) is 0 Å². The van der Waals surface area contributed by atoms with Gasteiger partial charge in [-0.2, -0.15) is 0 Å². The maximum Gasteiger partial charge on any atom is 0.160 e. The molecule has 0 N–H and O–H groups in total. The lowest BCUT2D eigenvalue weighted by atomic mass is 10.0. The van der Waals surface area contributed by atoms with Crippen molar-refractivity contribution in [1.29, 1.82) is 0 Å². The summed E-state index contributed by atoms with van der Waals surface area (Å²) >= 11 is 0. The van der Waals surface area contributed by atoms with E-state index in [0.717, 1.165) is 50.1 Å². The average Bonchev–Trinajstić information content (AvgIpc) is 3.84. The van der Waals surface area contributed by atoms with Crippen molar-refractivity contribution in [2.45, 2.75) is 0 Å². The lowest BCUT2D eigenvalue weighted by Gasteiger charge is -2.13. The van der Waals surface area contributed by atoms with Crippen LogP contribution in [0.4, 0.5) is 0 Å². The van der Waals surface area contributed by atoms with Gasteiger partial charge in [-0.25, -0.2) is 9.97 Å². The normalized spacial score (nSPS) is 11.9. The van der Waals surface area contributed by atoms with E-state index in [4.69, 9.17) is 9.97 Å². The highest BCUT2D eigenvalue weighted by Gasteiger charge is 2.21. The molecule has 3 aromatic heterocycles. The van der Waals surface area contributed by atoms with Crippen LogP contribution < -0.4 is 0 Å². The molecule has 0 aliphatic rings. The third-order valence-electron chi connectivity index (χ3n) is 12.7. The number of benzene rings is 10. The summed E-state index contributed by atoms with van der Waals surface area (Å²) in [5, 5.41) is 10.9. The molecule has 0 unspecified atom stereocenters. The second-order valence-electron chi connectivity index (χ2n) is 16.2. The third kappa shape index (κ3) is 5.33. The first kappa shape index (κ1) is 34.5. The molecule has 3 heterocycles. The molecule has 4 heteroatoms. The van der Waals surface area contributed by atoms with Gasteiger partial charge in [0.05, 0.1) is 39.0 Å². The molecule has 62 heavy (non-hydrogen) atoms. The fraction of sp³-hybridized carbons (Fsp3) is 0. The molecular formula is C58H36N4. The molecule has 0 fully saturated rings. The SMILES string of the molecule is c1ccc(-c2ccc(-c3nc(-c4ccc(-n5c6cc7ccccc7cc6c6c(-n7c8ccccc8c8cc9ccccc9cc87)cccc65)cc4)nc4ccccc34)cc2)cc1. The molecule has 0 aliphatic carbocycles. The zero-order valence-corrected chi connectivity index (χ0v) is 33.6. The Labute approximate surface area is 357 Å². The van der Waals surface area contributed by atoms with Crippen molar-refractivity contribution >= 4 is 76.1 Å². The Hall–Kier alpha value is -8.34. The van der Waals surface area contributed by atoms with Crippen LogP contribution >= 0.6 is 0 Å². The Morgan fingerprint density at radius 2 is 0.855 bits per heavy atom.